The number of nitrogens with one attached hydrogen (secondary N) is 1. The number of aryl methyl sites for hydroxylation is 1. The summed E-state index contributed by atoms with van der Waals surface area (Å²) in [6.45, 7) is 16.1. The van der Waals surface area contributed by atoms with Gasteiger partial charge in [0.05, 0.1) is 0 Å². The van der Waals surface area contributed by atoms with Crippen molar-refractivity contribution in [1.82, 2.24) is 5.32 Å². The van der Waals surface area contributed by atoms with Crippen LogP contribution in [0, 0.1) is 24.2 Å². The molecule has 0 radical (unpaired) electrons. The highest BCUT2D eigenvalue weighted by molar-refractivity contribution is 5.26. The van der Waals surface area contributed by atoms with Gasteiger partial charge in [-0.3, -0.25) is 0 Å². The summed E-state index contributed by atoms with van der Waals surface area (Å²) in [6, 6.07) is 8.78. The fourth-order valence-corrected chi connectivity index (χ4v) is 2.36. The highest BCUT2D eigenvalue weighted by atomic mass is 14.9. The van der Waals surface area contributed by atoms with Gasteiger partial charge >= 0.3 is 0 Å². The van der Waals surface area contributed by atoms with Crippen LogP contribution in [0.4, 0.5) is 0 Å². The summed E-state index contributed by atoms with van der Waals surface area (Å²) in [5.74, 6) is 1.39. The molecule has 0 saturated carbocycles. The molecule has 1 nitrogen and oxygen atoms in total. The zero-order valence-electron chi connectivity index (χ0n) is 13.6. The van der Waals surface area contributed by atoms with Gasteiger partial charge in [-0.15, -0.1) is 0 Å². The first-order valence-corrected chi connectivity index (χ1v) is 7.60. The molecule has 0 aliphatic rings. The average Bonchev–Trinajstić information content (AvgIpc) is 2.31. The van der Waals surface area contributed by atoms with E-state index in [1.165, 1.54) is 11.1 Å². The molecule has 0 aliphatic carbocycles. The van der Waals surface area contributed by atoms with Crippen LogP contribution in [0.2, 0.25) is 0 Å². The van der Waals surface area contributed by atoms with E-state index in [-0.39, 0.29) is 0 Å². The van der Waals surface area contributed by atoms with E-state index in [0.29, 0.717) is 11.3 Å². The first kappa shape index (κ1) is 16.2. The van der Waals surface area contributed by atoms with E-state index in [1.54, 1.807) is 0 Å². The van der Waals surface area contributed by atoms with Gasteiger partial charge in [-0.05, 0) is 48.3 Å². The van der Waals surface area contributed by atoms with Crippen LogP contribution >= 0.6 is 0 Å². The lowest BCUT2D eigenvalue weighted by atomic mass is 9.73. The zero-order valence-corrected chi connectivity index (χ0v) is 13.6. The Bertz CT molecular complexity index is 381. The summed E-state index contributed by atoms with van der Waals surface area (Å²) in [6.07, 6.45) is 1.16. The van der Waals surface area contributed by atoms with Gasteiger partial charge in [-0.2, -0.15) is 0 Å². The molecule has 1 aromatic carbocycles. The van der Waals surface area contributed by atoms with Crippen molar-refractivity contribution in [2.24, 2.45) is 17.3 Å². The third-order valence-electron chi connectivity index (χ3n) is 4.33. The maximum Gasteiger partial charge on any atom is 0.00109 e. The minimum atomic E-state index is 0.320. The van der Waals surface area contributed by atoms with Crippen LogP contribution in [0.25, 0.3) is 0 Å². The number of rotatable bonds is 7. The van der Waals surface area contributed by atoms with Gasteiger partial charge in [0.1, 0.15) is 0 Å². The first-order valence-electron chi connectivity index (χ1n) is 7.60. The normalized spacial score (nSPS) is 14.9. The maximum atomic E-state index is 3.65. The number of hydrogen-bond donors (Lipinski definition) is 1. The third kappa shape index (κ3) is 4.99. The molecule has 108 valence electrons. The van der Waals surface area contributed by atoms with E-state index in [4.69, 9.17) is 0 Å². The quantitative estimate of drug-likeness (QED) is 0.765. The van der Waals surface area contributed by atoms with Crippen molar-refractivity contribution in [2.75, 3.05) is 13.1 Å². The van der Waals surface area contributed by atoms with Crippen molar-refractivity contribution < 1.29 is 0 Å². The molecule has 1 atom stereocenters. The van der Waals surface area contributed by atoms with E-state index in [0.717, 1.165) is 25.4 Å². The lowest BCUT2D eigenvalue weighted by Crippen LogP contribution is -2.39. The van der Waals surface area contributed by atoms with Gasteiger partial charge in [0.25, 0.3) is 0 Å². The summed E-state index contributed by atoms with van der Waals surface area (Å²) in [4.78, 5) is 0. The second-order valence-corrected chi connectivity index (χ2v) is 6.94. The van der Waals surface area contributed by atoms with Crippen LogP contribution in [0.5, 0.6) is 0 Å². The highest BCUT2D eigenvalue weighted by Crippen LogP contribution is 2.31. The van der Waals surface area contributed by atoms with Crippen molar-refractivity contribution in [3.8, 4) is 0 Å². The molecule has 0 bridgehead atoms. The lowest BCUT2D eigenvalue weighted by molar-refractivity contribution is 0.204. The Morgan fingerprint density at radius 1 is 1.11 bits per heavy atom. The van der Waals surface area contributed by atoms with Gasteiger partial charge in [-0.25, -0.2) is 0 Å². The monoisotopic (exact) mass is 261 g/mol. The summed E-state index contributed by atoms with van der Waals surface area (Å²) in [7, 11) is 0. The molecular weight excluding hydrogens is 230 g/mol. The minimum Gasteiger partial charge on any atom is -0.316 e. The van der Waals surface area contributed by atoms with Crippen LogP contribution in [-0.2, 0) is 6.42 Å². The first-order chi connectivity index (χ1) is 8.85. The molecule has 1 unspecified atom stereocenters. The van der Waals surface area contributed by atoms with Gasteiger partial charge in [0.2, 0.25) is 0 Å². The van der Waals surface area contributed by atoms with Crippen molar-refractivity contribution in [2.45, 2.75) is 48.0 Å². The minimum absolute atomic E-state index is 0.320. The summed E-state index contributed by atoms with van der Waals surface area (Å²) >= 11 is 0. The van der Waals surface area contributed by atoms with Gasteiger partial charge in [0.15, 0.2) is 0 Å². The summed E-state index contributed by atoms with van der Waals surface area (Å²) in [5.41, 5.74) is 3.23. The van der Waals surface area contributed by atoms with Crippen molar-refractivity contribution in [1.29, 1.82) is 0 Å². The van der Waals surface area contributed by atoms with Gasteiger partial charge in [0, 0.05) is 6.54 Å². The molecule has 0 aliphatic heterocycles. The van der Waals surface area contributed by atoms with Crippen LogP contribution in [-0.4, -0.2) is 13.1 Å². The second-order valence-electron chi connectivity index (χ2n) is 6.94. The Morgan fingerprint density at radius 2 is 1.74 bits per heavy atom. The molecular formula is C18H31N. The van der Waals surface area contributed by atoms with E-state index in [2.05, 4.69) is 71.1 Å². The fraction of sp³-hybridized carbons (Fsp3) is 0.667. The molecule has 19 heavy (non-hydrogen) atoms. The van der Waals surface area contributed by atoms with Crippen LogP contribution < -0.4 is 5.32 Å². The van der Waals surface area contributed by atoms with E-state index in [9.17, 15) is 0 Å². The predicted molar refractivity (Wildman–Crippen MR) is 85.5 cm³/mol. The number of hydrogen-bond acceptors (Lipinski definition) is 1. The van der Waals surface area contributed by atoms with E-state index in [1.807, 2.05) is 0 Å². The fourth-order valence-electron chi connectivity index (χ4n) is 2.36. The Morgan fingerprint density at radius 3 is 2.26 bits per heavy atom. The van der Waals surface area contributed by atoms with Crippen LogP contribution in [0.1, 0.15) is 45.7 Å². The summed E-state index contributed by atoms with van der Waals surface area (Å²) < 4.78 is 0. The Labute approximate surface area is 119 Å². The molecule has 1 N–H and O–H groups in total. The van der Waals surface area contributed by atoms with Crippen LogP contribution in [0.15, 0.2) is 24.3 Å². The molecule has 1 heteroatoms. The standard InChI is InChI=1S/C18H31N/c1-14(2)12-19-13-18(6,15(3)4)11-17-10-8-7-9-16(17)5/h7-10,14-15,19H,11-13H2,1-6H3. The Kier molecular flexibility index (Phi) is 6.06. The molecule has 0 heterocycles. The SMILES string of the molecule is Cc1ccccc1CC(C)(CNCC(C)C)C(C)C. The van der Waals surface area contributed by atoms with E-state index >= 15 is 0 Å². The number of benzene rings is 1. The molecule has 1 aromatic rings. The Hall–Kier alpha value is -0.820. The van der Waals surface area contributed by atoms with Crippen molar-refractivity contribution >= 4 is 0 Å². The van der Waals surface area contributed by atoms with Crippen LogP contribution in [0.3, 0.4) is 0 Å². The second kappa shape index (κ2) is 7.09. The topological polar surface area (TPSA) is 12.0 Å². The predicted octanol–water partition coefficient (Wildman–Crippen LogP) is 4.45. The van der Waals surface area contributed by atoms with Gasteiger partial charge in [-0.1, -0.05) is 58.9 Å². The summed E-state index contributed by atoms with van der Waals surface area (Å²) in [5, 5.41) is 3.65. The molecule has 0 amide bonds. The van der Waals surface area contributed by atoms with Crippen molar-refractivity contribution in [3.05, 3.63) is 35.4 Å². The Balaban J connectivity index is 2.74. The zero-order chi connectivity index (χ0) is 14.5. The smallest absolute Gasteiger partial charge is 0.00109 e. The third-order valence-corrected chi connectivity index (χ3v) is 4.33. The molecule has 0 spiro atoms. The molecule has 1 rings (SSSR count). The average molecular weight is 261 g/mol. The maximum absolute atomic E-state index is 3.65. The molecule has 0 saturated heterocycles. The lowest BCUT2D eigenvalue weighted by Gasteiger charge is -2.35. The van der Waals surface area contributed by atoms with Gasteiger partial charge < -0.3 is 5.32 Å². The molecule has 0 aromatic heterocycles. The van der Waals surface area contributed by atoms with Crippen molar-refractivity contribution in [3.63, 3.8) is 0 Å². The molecule has 0 fully saturated rings. The van der Waals surface area contributed by atoms with E-state index < -0.39 is 0 Å². The highest BCUT2D eigenvalue weighted by Gasteiger charge is 2.28. The largest absolute Gasteiger partial charge is 0.316 e.